The van der Waals surface area contributed by atoms with Crippen molar-refractivity contribution in [1.29, 1.82) is 5.41 Å². The number of aromatic nitrogens is 3. The fourth-order valence-electron chi connectivity index (χ4n) is 4.33. The lowest BCUT2D eigenvalue weighted by Crippen LogP contribution is -2.16. The Morgan fingerprint density at radius 2 is 1.12 bits per heavy atom. The standard InChI is InChI=1S/C34H26N6/c35-31(25-13-5-1-6-14-25)37-32(26-15-7-2-8-16-26)36-29-21-23-30(24-22-29)40-34(28-19-11-4-12-20-28)38-33(39-40)27-17-9-3-10-18-27/h1-24H,(H2,35,36,37). The highest BCUT2D eigenvalue weighted by Crippen LogP contribution is 2.26. The normalized spacial score (nSPS) is 11.2. The van der Waals surface area contributed by atoms with E-state index in [2.05, 4.69) is 10.3 Å². The van der Waals surface area contributed by atoms with Crippen LogP contribution in [0.3, 0.4) is 0 Å². The second kappa shape index (κ2) is 11.4. The van der Waals surface area contributed by atoms with Crippen molar-refractivity contribution in [2.45, 2.75) is 0 Å². The van der Waals surface area contributed by atoms with Crippen molar-refractivity contribution < 1.29 is 0 Å². The van der Waals surface area contributed by atoms with Gasteiger partial charge in [0.25, 0.3) is 0 Å². The van der Waals surface area contributed by atoms with Gasteiger partial charge in [0.1, 0.15) is 5.84 Å². The maximum absolute atomic E-state index is 8.55. The van der Waals surface area contributed by atoms with Crippen LogP contribution in [0.5, 0.6) is 0 Å². The van der Waals surface area contributed by atoms with Gasteiger partial charge in [-0.2, -0.15) is 0 Å². The van der Waals surface area contributed by atoms with Crippen molar-refractivity contribution in [2.75, 3.05) is 5.32 Å². The van der Waals surface area contributed by atoms with E-state index in [9.17, 15) is 0 Å². The van der Waals surface area contributed by atoms with Gasteiger partial charge >= 0.3 is 0 Å². The molecule has 2 N–H and O–H groups in total. The van der Waals surface area contributed by atoms with E-state index in [1.165, 1.54) is 0 Å². The summed E-state index contributed by atoms with van der Waals surface area (Å²) in [5.41, 5.74) is 5.31. The Balaban J connectivity index is 1.34. The number of nitrogens with zero attached hydrogens (tertiary/aromatic N) is 4. The van der Waals surface area contributed by atoms with Crippen LogP contribution in [0.15, 0.2) is 151 Å². The zero-order chi connectivity index (χ0) is 27.1. The minimum atomic E-state index is 0.187. The zero-order valence-electron chi connectivity index (χ0n) is 21.6. The lowest BCUT2D eigenvalue weighted by Gasteiger charge is -2.12. The van der Waals surface area contributed by atoms with Crippen LogP contribution in [0.2, 0.25) is 0 Å². The summed E-state index contributed by atoms with van der Waals surface area (Å²) in [4.78, 5) is 9.54. The number of hydrogen-bond acceptors (Lipinski definition) is 3. The summed E-state index contributed by atoms with van der Waals surface area (Å²) in [6.07, 6.45) is 0. The summed E-state index contributed by atoms with van der Waals surface area (Å²) in [6.45, 7) is 0. The number of aliphatic imine (C=N–C) groups is 1. The van der Waals surface area contributed by atoms with Crippen LogP contribution in [0, 0.1) is 5.41 Å². The fraction of sp³-hybridized carbons (Fsp3) is 0. The Kier molecular flexibility index (Phi) is 7.05. The van der Waals surface area contributed by atoms with Gasteiger partial charge in [0.15, 0.2) is 17.5 Å². The summed E-state index contributed by atoms with van der Waals surface area (Å²) in [5.74, 6) is 2.22. The predicted molar refractivity (Wildman–Crippen MR) is 162 cm³/mol. The van der Waals surface area contributed by atoms with Gasteiger partial charge in [0.05, 0.1) is 5.69 Å². The van der Waals surface area contributed by atoms with Crippen LogP contribution in [0.25, 0.3) is 28.5 Å². The fourth-order valence-corrected chi connectivity index (χ4v) is 4.33. The number of benzene rings is 5. The Hall–Kier alpha value is -5.62. The van der Waals surface area contributed by atoms with E-state index in [0.717, 1.165) is 39.5 Å². The third-order valence-electron chi connectivity index (χ3n) is 6.36. The first kappa shape index (κ1) is 24.7. The first-order valence-corrected chi connectivity index (χ1v) is 13.0. The van der Waals surface area contributed by atoms with E-state index in [1.807, 2.05) is 150 Å². The Bertz CT molecular complexity index is 1740. The maximum Gasteiger partial charge on any atom is 0.182 e. The molecule has 0 aliphatic rings. The molecule has 192 valence electrons. The van der Waals surface area contributed by atoms with Gasteiger partial charge < -0.3 is 5.32 Å². The Morgan fingerprint density at radius 1 is 0.600 bits per heavy atom. The van der Waals surface area contributed by atoms with Crippen molar-refractivity contribution in [3.8, 4) is 28.5 Å². The number of hydrogen-bond donors (Lipinski definition) is 2. The molecular formula is C34H26N6. The molecule has 6 nitrogen and oxygen atoms in total. The zero-order valence-corrected chi connectivity index (χ0v) is 21.6. The van der Waals surface area contributed by atoms with Crippen LogP contribution in [0.4, 0.5) is 5.69 Å². The van der Waals surface area contributed by atoms with Gasteiger partial charge in [-0.3, -0.25) is 5.41 Å². The number of nitrogens with one attached hydrogen (secondary N) is 2. The molecule has 0 spiro atoms. The molecular weight excluding hydrogens is 492 g/mol. The third kappa shape index (κ3) is 5.47. The molecule has 0 atom stereocenters. The van der Waals surface area contributed by atoms with E-state index >= 15 is 0 Å². The smallest absolute Gasteiger partial charge is 0.182 e. The molecule has 0 saturated carbocycles. The van der Waals surface area contributed by atoms with Crippen molar-refractivity contribution >= 4 is 17.4 Å². The minimum Gasteiger partial charge on any atom is -0.340 e. The van der Waals surface area contributed by atoms with Gasteiger partial charge in [-0.25, -0.2) is 14.7 Å². The molecule has 6 rings (SSSR count). The molecule has 1 aromatic heterocycles. The van der Waals surface area contributed by atoms with Crippen LogP contribution in [0.1, 0.15) is 11.1 Å². The molecule has 0 bridgehead atoms. The highest BCUT2D eigenvalue weighted by molar-refractivity contribution is 6.15. The second-order valence-electron chi connectivity index (χ2n) is 9.12. The lowest BCUT2D eigenvalue weighted by atomic mass is 10.1. The van der Waals surface area contributed by atoms with Gasteiger partial charge in [-0.15, -0.1) is 5.10 Å². The van der Waals surface area contributed by atoms with Gasteiger partial charge in [0.2, 0.25) is 0 Å². The SMILES string of the molecule is N=C(N=C(Nc1ccc(-n2nc(-c3ccccc3)nc2-c2ccccc2)cc1)c1ccccc1)c1ccccc1. The molecule has 5 aromatic carbocycles. The van der Waals surface area contributed by atoms with E-state index in [1.54, 1.807) is 0 Å². The van der Waals surface area contributed by atoms with Crippen LogP contribution < -0.4 is 5.32 Å². The summed E-state index contributed by atoms with van der Waals surface area (Å²) >= 11 is 0. The number of amidine groups is 2. The van der Waals surface area contributed by atoms with E-state index in [0.29, 0.717) is 11.7 Å². The largest absolute Gasteiger partial charge is 0.340 e. The van der Waals surface area contributed by atoms with Crippen molar-refractivity contribution in [2.24, 2.45) is 4.99 Å². The predicted octanol–water partition coefficient (Wildman–Crippen LogP) is 7.49. The molecule has 1 heterocycles. The third-order valence-corrected chi connectivity index (χ3v) is 6.36. The summed E-state index contributed by atoms with van der Waals surface area (Å²) in [7, 11) is 0. The Labute approximate surface area is 232 Å². The van der Waals surface area contributed by atoms with Gasteiger partial charge in [0, 0.05) is 27.9 Å². The maximum atomic E-state index is 8.55. The van der Waals surface area contributed by atoms with Crippen molar-refractivity contribution in [1.82, 2.24) is 14.8 Å². The van der Waals surface area contributed by atoms with E-state index in [4.69, 9.17) is 15.5 Å². The average Bonchev–Trinajstić information content (AvgIpc) is 3.48. The minimum absolute atomic E-state index is 0.187. The lowest BCUT2D eigenvalue weighted by molar-refractivity contribution is 0.891. The molecule has 0 fully saturated rings. The first-order valence-electron chi connectivity index (χ1n) is 13.0. The highest BCUT2D eigenvalue weighted by Gasteiger charge is 2.15. The monoisotopic (exact) mass is 518 g/mol. The topological polar surface area (TPSA) is 79.0 Å². The van der Waals surface area contributed by atoms with Crippen molar-refractivity contribution in [3.63, 3.8) is 0 Å². The average molecular weight is 519 g/mol. The molecule has 0 saturated heterocycles. The van der Waals surface area contributed by atoms with E-state index in [-0.39, 0.29) is 5.84 Å². The molecule has 40 heavy (non-hydrogen) atoms. The van der Waals surface area contributed by atoms with Gasteiger partial charge in [-0.1, -0.05) is 121 Å². The van der Waals surface area contributed by atoms with Gasteiger partial charge in [-0.05, 0) is 24.3 Å². The van der Waals surface area contributed by atoms with Crippen LogP contribution in [-0.4, -0.2) is 26.4 Å². The van der Waals surface area contributed by atoms with Crippen molar-refractivity contribution in [3.05, 3.63) is 157 Å². The molecule has 6 heteroatoms. The first-order chi connectivity index (χ1) is 19.7. The number of rotatable bonds is 6. The molecule has 0 radical (unpaired) electrons. The molecule has 0 aliphatic heterocycles. The van der Waals surface area contributed by atoms with Crippen LogP contribution >= 0.6 is 0 Å². The molecule has 0 aliphatic carbocycles. The molecule has 6 aromatic rings. The number of anilines is 1. The van der Waals surface area contributed by atoms with E-state index < -0.39 is 0 Å². The highest BCUT2D eigenvalue weighted by atomic mass is 15.4. The summed E-state index contributed by atoms with van der Waals surface area (Å²) in [5, 5.41) is 16.8. The summed E-state index contributed by atoms with van der Waals surface area (Å²) < 4.78 is 1.87. The molecule has 0 unspecified atom stereocenters. The Morgan fingerprint density at radius 3 is 1.73 bits per heavy atom. The summed E-state index contributed by atoms with van der Waals surface area (Å²) in [6, 6.07) is 47.4. The molecule has 0 amide bonds. The quantitative estimate of drug-likeness (QED) is 0.177. The second-order valence-corrected chi connectivity index (χ2v) is 9.12. The van der Waals surface area contributed by atoms with Crippen LogP contribution in [-0.2, 0) is 0 Å².